The van der Waals surface area contributed by atoms with Crippen molar-refractivity contribution in [3.8, 4) is 0 Å². The van der Waals surface area contributed by atoms with Gasteiger partial charge < -0.3 is 0 Å². The summed E-state index contributed by atoms with van der Waals surface area (Å²) in [5.41, 5.74) is 2.35. The van der Waals surface area contributed by atoms with Crippen molar-refractivity contribution >= 4 is 45.4 Å². The Balaban J connectivity index is 1.66. The summed E-state index contributed by atoms with van der Waals surface area (Å²) in [5.74, 6) is -2.16. The van der Waals surface area contributed by atoms with Crippen LogP contribution in [-0.4, -0.2) is 34.9 Å². The summed E-state index contributed by atoms with van der Waals surface area (Å²) in [7, 11) is 0. The zero-order valence-electron chi connectivity index (χ0n) is 14.9. The third-order valence-corrected chi connectivity index (χ3v) is 6.27. The highest BCUT2D eigenvalue weighted by atomic mass is 79.9. The Morgan fingerprint density at radius 2 is 1.79 bits per heavy atom. The molecule has 0 N–H and O–H groups in total. The van der Waals surface area contributed by atoms with Crippen LogP contribution in [0.5, 0.6) is 0 Å². The number of ketones is 1. The van der Waals surface area contributed by atoms with Crippen LogP contribution in [0, 0.1) is 11.8 Å². The molecule has 5 rings (SSSR count). The smallest absolute Gasteiger partial charge is 0.240 e. The van der Waals surface area contributed by atoms with Crippen molar-refractivity contribution in [2.45, 2.75) is 19.0 Å². The van der Waals surface area contributed by atoms with Crippen LogP contribution >= 0.6 is 15.9 Å². The van der Waals surface area contributed by atoms with E-state index in [1.807, 2.05) is 30.3 Å². The van der Waals surface area contributed by atoms with Gasteiger partial charge in [-0.25, -0.2) is 4.90 Å². The third kappa shape index (κ3) is 2.26. The van der Waals surface area contributed by atoms with Crippen molar-refractivity contribution in [2.24, 2.45) is 16.9 Å². The van der Waals surface area contributed by atoms with Gasteiger partial charge in [0, 0.05) is 4.47 Å². The van der Waals surface area contributed by atoms with E-state index in [2.05, 4.69) is 21.0 Å². The van der Waals surface area contributed by atoms with Crippen molar-refractivity contribution in [1.29, 1.82) is 0 Å². The zero-order valence-corrected chi connectivity index (χ0v) is 16.5. The lowest BCUT2D eigenvalue weighted by molar-refractivity contribution is -0.129. The molecule has 4 atom stereocenters. The lowest BCUT2D eigenvalue weighted by atomic mass is 9.84. The predicted octanol–water partition coefficient (Wildman–Crippen LogP) is 2.92. The summed E-state index contributed by atoms with van der Waals surface area (Å²) in [6, 6.07) is 13.6. The molecule has 2 saturated heterocycles. The van der Waals surface area contributed by atoms with E-state index in [9.17, 15) is 14.4 Å². The van der Waals surface area contributed by atoms with Gasteiger partial charge in [0.1, 0.15) is 6.04 Å². The topological polar surface area (TPSA) is 70.0 Å². The highest BCUT2D eigenvalue weighted by Crippen LogP contribution is 2.52. The largest absolute Gasteiger partial charge is 0.298 e. The molecule has 28 heavy (non-hydrogen) atoms. The van der Waals surface area contributed by atoms with E-state index in [0.717, 1.165) is 15.6 Å². The van der Waals surface area contributed by atoms with Gasteiger partial charge in [-0.15, -0.1) is 0 Å². The number of hydrogen-bond acceptors (Lipinski definition) is 5. The highest BCUT2D eigenvalue weighted by Gasteiger charge is 2.64. The first-order valence-electron chi connectivity index (χ1n) is 9.04. The van der Waals surface area contributed by atoms with Gasteiger partial charge in [-0.05, 0) is 36.2 Å². The van der Waals surface area contributed by atoms with E-state index in [4.69, 9.17) is 0 Å². The normalized spacial score (nSPS) is 27.6. The maximum atomic E-state index is 13.4. The Morgan fingerprint density at radius 3 is 2.54 bits per heavy atom. The Morgan fingerprint density at radius 1 is 1.04 bits per heavy atom. The molecule has 140 valence electrons. The van der Waals surface area contributed by atoms with Crippen LogP contribution in [0.3, 0.4) is 0 Å². The van der Waals surface area contributed by atoms with Crippen LogP contribution in [0.25, 0.3) is 0 Å². The lowest BCUT2D eigenvalue weighted by Gasteiger charge is -2.33. The van der Waals surface area contributed by atoms with E-state index >= 15 is 0 Å². The number of carbonyl (C=O) groups excluding carboxylic acids is 3. The second kappa shape index (κ2) is 6.10. The molecule has 7 heteroatoms. The van der Waals surface area contributed by atoms with Gasteiger partial charge in [0.25, 0.3) is 0 Å². The van der Waals surface area contributed by atoms with Gasteiger partial charge in [0.15, 0.2) is 5.78 Å². The van der Waals surface area contributed by atoms with Crippen LogP contribution in [-0.2, 0) is 14.4 Å². The van der Waals surface area contributed by atoms with Crippen LogP contribution in [0.4, 0.5) is 5.69 Å². The van der Waals surface area contributed by atoms with Crippen molar-refractivity contribution in [2.75, 3.05) is 4.90 Å². The van der Waals surface area contributed by atoms with Crippen molar-refractivity contribution in [1.82, 2.24) is 5.01 Å². The summed E-state index contributed by atoms with van der Waals surface area (Å²) in [4.78, 5) is 40.5. The van der Waals surface area contributed by atoms with Gasteiger partial charge in [-0.3, -0.25) is 19.4 Å². The molecule has 0 radical (unpaired) electrons. The minimum Gasteiger partial charge on any atom is -0.298 e. The fourth-order valence-corrected chi connectivity index (χ4v) is 5.08. The molecule has 2 amide bonds. The first-order chi connectivity index (χ1) is 13.5. The molecule has 6 nitrogen and oxygen atoms in total. The average Bonchev–Trinajstić information content (AvgIpc) is 3.15. The first kappa shape index (κ1) is 17.3. The molecule has 3 heterocycles. The average molecular weight is 438 g/mol. The molecule has 0 bridgehead atoms. The monoisotopic (exact) mass is 437 g/mol. The van der Waals surface area contributed by atoms with E-state index in [1.54, 1.807) is 29.4 Å². The van der Waals surface area contributed by atoms with Crippen molar-refractivity contribution in [3.63, 3.8) is 0 Å². The molecule has 2 aromatic carbocycles. The fraction of sp³-hybridized carbons (Fsp3) is 0.238. The second-order valence-electron chi connectivity index (χ2n) is 7.30. The summed E-state index contributed by atoms with van der Waals surface area (Å²) < 4.78 is 0.778. The van der Waals surface area contributed by atoms with Gasteiger partial charge in [-0.1, -0.05) is 46.3 Å². The number of rotatable bonds is 2. The van der Waals surface area contributed by atoms with Crippen molar-refractivity contribution in [3.05, 3.63) is 64.1 Å². The molecule has 0 unspecified atom stereocenters. The number of benzene rings is 2. The molecular weight excluding hydrogens is 422 g/mol. The molecule has 0 saturated carbocycles. The number of Topliss-reactive ketones (excluding diaryl/α,β-unsaturated/α-hetero) is 1. The van der Waals surface area contributed by atoms with E-state index in [-0.39, 0.29) is 17.6 Å². The summed E-state index contributed by atoms with van der Waals surface area (Å²) >= 11 is 3.39. The molecule has 0 aromatic heterocycles. The fourth-order valence-electron chi connectivity index (χ4n) is 4.69. The maximum Gasteiger partial charge on any atom is 0.240 e. The maximum absolute atomic E-state index is 13.4. The third-order valence-electron chi connectivity index (χ3n) is 5.78. The molecule has 0 aliphatic carbocycles. The van der Waals surface area contributed by atoms with E-state index < -0.39 is 23.9 Å². The number of fused-ring (bicyclic) bond motifs is 5. The van der Waals surface area contributed by atoms with Gasteiger partial charge in [-0.2, -0.15) is 5.10 Å². The highest BCUT2D eigenvalue weighted by molar-refractivity contribution is 9.10. The number of carbonyl (C=O) groups is 3. The van der Waals surface area contributed by atoms with Crippen LogP contribution < -0.4 is 4.90 Å². The van der Waals surface area contributed by atoms with E-state index in [1.165, 1.54) is 11.8 Å². The minimum atomic E-state index is -0.742. The second-order valence-corrected chi connectivity index (χ2v) is 8.21. The van der Waals surface area contributed by atoms with Crippen molar-refractivity contribution < 1.29 is 14.4 Å². The Bertz CT molecular complexity index is 1070. The molecule has 2 aromatic rings. The first-order valence-corrected chi connectivity index (χ1v) is 9.83. The Kier molecular flexibility index (Phi) is 3.77. The SMILES string of the molecule is CC(=O)[C@H]1[C@H]2C(=O)N(c3cccc(Br)c3)C(=O)[C@@H]2[C@H]2c3ccccc3C=NN21. The standard InChI is InChI=1S/C21H16BrN3O3/c1-11(26)18-16-17(19-15-8-3-2-5-12(15)10-23-25(18)19)21(28)24(20(16)27)14-7-4-6-13(22)9-14/h2-10,16-19H,1H3/t16-,17-,18-,19+/m0/s1. The number of anilines is 1. The van der Waals surface area contributed by atoms with Gasteiger partial charge in [0.2, 0.25) is 11.8 Å². The number of hydrogen-bond donors (Lipinski definition) is 0. The molecular formula is C21H16BrN3O3. The molecule has 3 aliphatic rings. The summed E-state index contributed by atoms with van der Waals surface area (Å²) in [6.45, 7) is 1.46. The van der Waals surface area contributed by atoms with Crippen LogP contribution in [0.2, 0.25) is 0 Å². The zero-order chi connectivity index (χ0) is 19.6. The number of nitrogens with zero attached hydrogens (tertiary/aromatic N) is 3. The van der Waals surface area contributed by atoms with Crippen LogP contribution in [0.1, 0.15) is 24.1 Å². The lowest BCUT2D eigenvalue weighted by Crippen LogP contribution is -2.43. The predicted molar refractivity (Wildman–Crippen MR) is 107 cm³/mol. The molecule has 2 fully saturated rings. The number of amides is 2. The minimum absolute atomic E-state index is 0.161. The van der Waals surface area contributed by atoms with Crippen LogP contribution in [0.15, 0.2) is 58.1 Å². The Labute approximate surface area is 169 Å². The number of imide groups is 1. The van der Waals surface area contributed by atoms with Gasteiger partial charge >= 0.3 is 0 Å². The number of hydrazone groups is 1. The van der Waals surface area contributed by atoms with E-state index in [0.29, 0.717) is 5.69 Å². The van der Waals surface area contributed by atoms with Gasteiger partial charge in [0.05, 0.1) is 29.8 Å². The Hall–Kier alpha value is -2.80. The number of halogens is 1. The molecule has 3 aliphatic heterocycles. The summed E-state index contributed by atoms with van der Waals surface area (Å²) in [6.07, 6.45) is 1.70. The summed E-state index contributed by atoms with van der Waals surface area (Å²) in [5, 5.41) is 6.12. The quantitative estimate of drug-likeness (QED) is 0.677. The molecule has 0 spiro atoms.